The van der Waals surface area contributed by atoms with Crippen molar-refractivity contribution in [1.29, 1.82) is 0 Å². The van der Waals surface area contributed by atoms with Crippen LogP contribution >= 0.6 is 22.9 Å². The lowest BCUT2D eigenvalue weighted by atomic mass is 10.1. The average Bonchev–Trinajstić information content (AvgIpc) is 3.58. The van der Waals surface area contributed by atoms with E-state index in [2.05, 4.69) is 36.0 Å². The number of benzene rings is 1. The zero-order valence-electron chi connectivity index (χ0n) is 18.1. The number of hydrazone groups is 1. The van der Waals surface area contributed by atoms with E-state index in [1.54, 1.807) is 18.6 Å². The predicted octanol–water partition coefficient (Wildman–Crippen LogP) is 3.95. The van der Waals surface area contributed by atoms with Gasteiger partial charge in [0.2, 0.25) is 5.91 Å². The van der Waals surface area contributed by atoms with Gasteiger partial charge in [-0.2, -0.15) is 10.2 Å². The van der Waals surface area contributed by atoms with Gasteiger partial charge in [0.05, 0.1) is 16.3 Å². The number of aromatic amines is 1. The molecule has 1 atom stereocenters. The largest absolute Gasteiger partial charge is 0.351 e. The molecule has 1 aliphatic rings. The van der Waals surface area contributed by atoms with Crippen molar-refractivity contribution in [2.24, 2.45) is 11.0 Å². The number of carbonyl (C=O) groups excluding carboxylic acids is 2. The number of aryl methyl sites for hydroxylation is 1. The zero-order valence-corrected chi connectivity index (χ0v) is 19.7. The smallest absolute Gasteiger partial charge is 0.271 e. The number of halogens is 1. The van der Waals surface area contributed by atoms with E-state index >= 15 is 0 Å². The van der Waals surface area contributed by atoms with Gasteiger partial charge in [-0.3, -0.25) is 19.7 Å². The van der Waals surface area contributed by atoms with Gasteiger partial charge in [0.15, 0.2) is 0 Å². The summed E-state index contributed by atoms with van der Waals surface area (Å²) >= 11 is 7.64. The van der Waals surface area contributed by atoms with Crippen molar-refractivity contribution in [2.45, 2.75) is 19.8 Å². The maximum absolute atomic E-state index is 13.1. The van der Waals surface area contributed by atoms with Crippen LogP contribution < -0.4 is 10.7 Å². The number of hydrogen-bond acceptors (Lipinski definition) is 7. The summed E-state index contributed by atoms with van der Waals surface area (Å²) in [5.74, 6) is -0.647. The topological polar surface area (TPSA) is 125 Å². The molecule has 0 saturated heterocycles. The van der Waals surface area contributed by atoms with E-state index in [0.717, 1.165) is 32.6 Å². The summed E-state index contributed by atoms with van der Waals surface area (Å²) in [5, 5.41) is 16.3. The molecule has 4 aromatic rings. The number of nitrogens with zero attached hydrogens (tertiary/aromatic N) is 4. The number of pyridine rings is 1. The van der Waals surface area contributed by atoms with Crippen LogP contribution in [0, 0.1) is 12.8 Å². The fraction of sp³-hybridized carbons (Fsp3) is 0.217. The molecule has 11 heteroatoms. The third-order valence-electron chi connectivity index (χ3n) is 5.64. The van der Waals surface area contributed by atoms with Crippen molar-refractivity contribution in [2.75, 3.05) is 6.54 Å². The fourth-order valence-corrected chi connectivity index (χ4v) is 5.00. The predicted molar refractivity (Wildman–Crippen MR) is 132 cm³/mol. The van der Waals surface area contributed by atoms with E-state index in [9.17, 15) is 9.59 Å². The summed E-state index contributed by atoms with van der Waals surface area (Å²) in [5.41, 5.74) is 5.92. The van der Waals surface area contributed by atoms with Gasteiger partial charge in [-0.15, -0.1) is 11.3 Å². The Kier molecular flexibility index (Phi) is 6.08. The van der Waals surface area contributed by atoms with Gasteiger partial charge in [-0.05, 0) is 43.5 Å². The van der Waals surface area contributed by atoms with Crippen molar-refractivity contribution in [1.82, 2.24) is 30.9 Å². The Morgan fingerprint density at radius 1 is 1.29 bits per heavy atom. The number of fused-ring (bicyclic) bond motifs is 1. The second kappa shape index (κ2) is 9.32. The lowest BCUT2D eigenvalue weighted by Crippen LogP contribution is -2.27. The van der Waals surface area contributed by atoms with E-state index in [4.69, 9.17) is 11.6 Å². The third-order valence-corrected chi connectivity index (χ3v) is 7.17. The molecule has 0 spiro atoms. The average molecular weight is 494 g/mol. The number of aromatic nitrogens is 4. The van der Waals surface area contributed by atoms with Crippen LogP contribution in [0.2, 0.25) is 5.02 Å². The van der Waals surface area contributed by atoms with Gasteiger partial charge < -0.3 is 5.32 Å². The quantitative estimate of drug-likeness (QED) is 0.336. The number of amides is 2. The van der Waals surface area contributed by atoms with Gasteiger partial charge in [0, 0.05) is 41.1 Å². The van der Waals surface area contributed by atoms with Crippen LogP contribution in [0.3, 0.4) is 0 Å². The van der Waals surface area contributed by atoms with Gasteiger partial charge >= 0.3 is 0 Å². The maximum atomic E-state index is 13.1. The zero-order chi connectivity index (χ0) is 23.7. The van der Waals surface area contributed by atoms with E-state index in [0.29, 0.717) is 35.1 Å². The lowest BCUT2D eigenvalue weighted by molar-refractivity contribution is -0.122. The summed E-state index contributed by atoms with van der Waals surface area (Å²) < 4.78 is 0. The Labute approximate surface area is 203 Å². The van der Waals surface area contributed by atoms with Crippen LogP contribution in [0.4, 0.5) is 0 Å². The van der Waals surface area contributed by atoms with Crippen molar-refractivity contribution < 1.29 is 9.59 Å². The highest BCUT2D eigenvalue weighted by Gasteiger charge is 2.24. The minimum absolute atomic E-state index is 0.113. The summed E-state index contributed by atoms with van der Waals surface area (Å²) in [6.07, 6.45) is 6.24. The number of hydrogen-bond donors (Lipinski definition) is 3. The molecule has 0 aliphatic carbocycles. The van der Waals surface area contributed by atoms with Gasteiger partial charge in [0.1, 0.15) is 16.4 Å². The first-order valence-electron chi connectivity index (χ1n) is 10.7. The minimum atomic E-state index is -0.283. The van der Waals surface area contributed by atoms with Crippen LogP contribution in [-0.2, 0) is 4.79 Å². The van der Waals surface area contributed by atoms with E-state index < -0.39 is 0 Å². The molecule has 4 heterocycles. The van der Waals surface area contributed by atoms with E-state index in [1.807, 2.05) is 31.2 Å². The summed E-state index contributed by atoms with van der Waals surface area (Å²) in [4.78, 5) is 34.3. The number of carbonyl (C=O) groups is 2. The van der Waals surface area contributed by atoms with Crippen LogP contribution in [-0.4, -0.2) is 44.7 Å². The van der Waals surface area contributed by atoms with Gasteiger partial charge in [-0.1, -0.05) is 17.7 Å². The molecule has 3 N–H and O–H groups in total. The molecule has 9 nitrogen and oxygen atoms in total. The fourth-order valence-electron chi connectivity index (χ4n) is 3.78. The summed E-state index contributed by atoms with van der Waals surface area (Å²) in [6.45, 7) is 2.33. The molecule has 1 aliphatic heterocycles. The highest BCUT2D eigenvalue weighted by molar-refractivity contribution is 7.18. The molecule has 0 fully saturated rings. The van der Waals surface area contributed by atoms with Crippen LogP contribution in [0.25, 0.3) is 32.0 Å². The molecular formula is C23H20ClN7O2S. The van der Waals surface area contributed by atoms with Gasteiger partial charge in [-0.25, -0.2) is 10.4 Å². The third kappa shape index (κ3) is 4.17. The molecule has 1 aromatic carbocycles. The Morgan fingerprint density at radius 2 is 2.18 bits per heavy atom. The van der Waals surface area contributed by atoms with E-state index in [1.165, 1.54) is 11.3 Å². The highest BCUT2D eigenvalue weighted by atomic mass is 35.5. The molecule has 172 valence electrons. The molecule has 3 aromatic heterocycles. The first-order chi connectivity index (χ1) is 16.5. The second-order valence-corrected chi connectivity index (χ2v) is 9.27. The van der Waals surface area contributed by atoms with Crippen molar-refractivity contribution >= 4 is 51.9 Å². The molecule has 2 amide bonds. The van der Waals surface area contributed by atoms with Gasteiger partial charge in [0.25, 0.3) is 5.91 Å². The molecule has 5 rings (SSSR count). The number of thiazole rings is 1. The Hall–Kier alpha value is -3.63. The molecule has 0 saturated carbocycles. The second-order valence-electron chi connectivity index (χ2n) is 7.86. The minimum Gasteiger partial charge on any atom is -0.351 e. The summed E-state index contributed by atoms with van der Waals surface area (Å²) in [7, 11) is 0. The number of nitrogens with one attached hydrogen (secondary N) is 3. The standard InChI is InChI=1S/C23H20ClN7O2S/c1-12-16(24)7-6-15-17(12)29-30-18(15)23-28-19(20(34-23)13-4-2-8-25-10-13)22(33)26-9-3-5-14-11-27-31-21(14)32/h2,4,6-8,10-11,14H,3,5,9H2,1H3,(H,26,33)(H,29,30)(H,31,32). The first kappa shape index (κ1) is 22.2. The lowest BCUT2D eigenvalue weighted by Gasteiger charge is -2.07. The van der Waals surface area contributed by atoms with Crippen LogP contribution in [0.15, 0.2) is 41.8 Å². The molecular weight excluding hydrogens is 474 g/mol. The highest BCUT2D eigenvalue weighted by Crippen LogP contribution is 2.38. The van der Waals surface area contributed by atoms with Crippen molar-refractivity contribution in [3.63, 3.8) is 0 Å². The summed E-state index contributed by atoms with van der Waals surface area (Å²) in [6, 6.07) is 7.45. The Balaban J connectivity index is 1.42. The monoisotopic (exact) mass is 493 g/mol. The number of H-pyrrole nitrogens is 1. The first-order valence-corrected chi connectivity index (χ1v) is 11.9. The van der Waals surface area contributed by atoms with Crippen molar-refractivity contribution in [3.8, 4) is 21.1 Å². The maximum Gasteiger partial charge on any atom is 0.271 e. The SMILES string of the molecule is Cc1c(Cl)ccc2c(-c3nc(C(=O)NCCCC4C=NNC4=O)c(-c4cccnc4)s3)[nH]nc12. The molecule has 0 radical (unpaired) electrons. The Morgan fingerprint density at radius 3 is 2.94 bits per heavy atom. The van der Waals surface area contributed by atoms with Crippen LogP contribution in [0.1, 0.15) is 28.9 Å². The molecule has 1 unspecified atom stereocenters. The Bertz CT molecular complexity index is 1410. The van der Waals surface area contributed by atoms with E-state index in [-0.39, 0.29) is 17.7 Å². The van der Waals surface area contributed by atoms with Crippen molar-refractivity contribution in [3.05, 3.63) is 52.9 Å². The normalized spacial score (nSPS) is 15.1. The molecule has 0 bridgehead atoms. The molecule has 34 heavy (non-hydrogen) atoms. The van der Waals surface area contributed by atoms with Crippen LogP contribution in [0.5, 0.6) is 0 Å². The number of rotatable bonds is 7.